The van der Waals surface area contributed by atoms with Gasteiger partial charge in [0, 0.05) is 59.8 Å². The van der Waals surface area contributed by atoms with Crippen LogP contribution in [0.4, 0.5) is 21.7 Å². The minimum Gasteiger partial charge on any atom is -0.352 e. The van der Waals surface area contributed by atoms with Gasteiger partial charge >= 0.3 is 0 Å². The molecule has 12 heteroatoms. The molecular weight excluding hydrogens is 529 g/mol. The first kappa shape index (κ1) is 28.2. The number of carbonyl (C=O) groups excluding carboxylic acids is 1. The highest BCUT2D eigenvalue weighted by atomic mass is 35.5. The number of alkyl halides is 1. The smallest absolute Gasteiger partial charge is 0.244 e. The minimum atomic E-state index is -1.45. The molecule has 3 aliphatic rings. The van der Waals surface area contributed by atoms with E-state index >= 15 is 0 Å². The molecule has 0 aliphatic carbocycles. The highest BCUT2D eigenvalue weighted by Gasteiger charge is 2.54. The number of pyridine rings is 1. The minimum absolute atomic E-state index is 0.171. The molecule has 5 rings (SSSR count). The Balaban J connectivity index is 0.00000164. The predicted molar refractivity (Wildman–Crippen MR) is 147 cm³/mol. The van der Waals surface area contributed by atoms with Gasteiger partial charge in [0.15, 0.2) is 10.4 Å². The molecule has 0 aromatic carbocycles. The number of piperazine rings is 1. The molecule has 9 nitrogen and oxygen atoms in total. The molecule has 2 aromatic heterocycles. The van der Waals surface area contributed by atoms with Crippen LogP contribution in [0.15, 0.2) is 18.6 Å². The Morgan fingerprint density at radius 3 is 2.53 bits per heavy atom. The van der Waals surface area contributed by atoms with Crippen LogP contribution in [-0.4, -0.2) is 79.4 Å². The van der Waals surface area contributed by atoms with Gasteiger partial charge in [-0.15, -0.1) is 0 Å². The molecule has 0 radical (unpaired) electrons. The van der Waals surface area contributed by atoms with Crippen LogP contribution < -0.4 is 9.80 Å². The molecule has 38 heavy (non-hydrogen) atoms. The van der Waals surface area contributed by atoms with Gasteiger partial charge in [0.05, 0.1) is 16.9 Å². The maximum atomic E-state index is 13.8. The van der Waals surface area contributed by atoms with E-state index in [4.69, 9.17) is 16.9 Å². The number of hydrogen-bond acceptors (Lipinski definition) is 8. The Morgan fingerprint density at radius 1 is 1.26 bits per heavy atom. The summed E-state index contributed by atoms with van der Waals surface area (Å²) in [6.07, 6.45) is 3.48. The van der Waals surface area contributed by atoms with Crippen molar-refractivity contribution in [3.05, 3.63) is 34.9 Å². The van der Waals surface area contributed by atoms with Crippen LogP contribution in [0.1, 0.15) is 52.3 Å². The lowest BCUT2D eigenvalue weighted by atomic mass is 9.87. The summed E-state index contributed by atoms with van der Waals surface area (Å²) in [7, 11) is -1.45. The fraction of sp³-hybridized carbons (Fsp3) is 0.577. The fourth-order valence-electron chi connectivity index (χ4n) is 5.37. The van der Waals surface area contributed by atoms with E-state index in [2.05, 4.69) is 33.7 Å². The second kappa shape index (κ2) is 10.7. The second-order valence-corrected chi connectivity index (χ2v) is 12.5. The number of amides is 1. The van der Waals surface area contributed by atoms with Crippen LogP contribution in [-0.2, 0) is 21.0 Å². The summed E-state index contributed by atoms with van der Waals surface area (Å²) in [5, 5.41) is 9.45. The average Bonchev–Trinajstić information content (AvgIpc) is 3.20. The normalized spacial score (nSPS) is 25.6. The van der Waals surface area contributed by atoms with E-state index in [0.29, 0.717) is 38.4 Å². The largest absolute Gasteiger partial charge is 0.352 e. The van der Waals surface area contributed by atoms with Crippen LogP contribution in [0, 0.1) is 11.3 Å². The highest BCUT2D eigenvalue weighted by Crippen LogP contribution is 2.47. The third-order valence-electron chi connectivity index (χ3n) is 7.46. The van der Waals surface area contributed by atoms with Crippen molar-refractivity contribution in [3.8, 4) is 6.07 Å². The first-order chi connectivity index (χ1) is 18.1. The highest BCUT2D eigenvalue weighted by molar-refractivity contribution is 7.88. The lowest BCUT2D eigenvalue weighted by molar-refractivity contribution is -0.137. The number of fused-ring (bicyclic) bond motifs is 1. The number of aromatic nitrogens is 3. The molecule has 3 atom stereocenters. The van der Waals surface area contributed by atoms with Crippen molar-refractivity contribution in [2.45, 2.75) is 57.2 Å². The van der Waals surface area contributed by atoms with Crippen LogP contribution >= 0.6 is 11.6 Å². The first-order valence-corrected chi connectivity index (χ1v) is 14.5. The predicted octanol–water partition coefficient (Wildman–Crippen LogP) is 3.75. The monoisotopic (exact) mass is 561 g/mol. The van der Waals surface area contributed by atoms with Gasteiger partial charge in [-0.2, -0.15) is 5.26 Å². The van der Waals surface area contributed by atoms with E-state index in [0.717, 1.165) is 22.9 Å². The molecule has 1 amide bonds. The molecule has 3 aliphatic heterocycles. The molecule has 0 saturated carbocycles. The third kappa shape index (κ3) is 4.51. The van der Waals surface area contributed by atoms with Crippen molar-refractivity contribution in [3.63, 3.8) is 0 Å². The number of halogens is 2. The number of nitriles is 1. The molecular formula is C26H33ClFN7O2S. The van der Waals surface area contributed by atoms with E-state index in [9.17, 15) is 13.4 Å². The van der Waals surface area contributed by atoms with Gasteiger partial charge in [-0.05, 0) is 19.4 Å². The van der Waals surface area contributed by atoms with Crippen LogP contribution in [0.25, 0.3) is 0 Å². The third-order valence-corrected chi connectivity index (χ3v) is 9.68. The summed E-state index contributed by atoms with van der Waals surface area (Å²) in [5.74, 6) is 1.58. The van der Waals surface area contributed by atoms with Crippen LogP contribution in [0.2, 0.25) is 5.02 Å². The van der Waals surface area contributed by atoms with Gasteiger partial charge in [-0.3, -0.25) is 9.00 Å². The van der Waals surface area contributed by atoms with E-state index in [1.807, 2.05) is 31.7 Å². The Kier molecular flexibility index (Phi) is 7.96. The molecule has 204 valence electrons. The van der Waals surface area contributed by atoms with Crippen molar-refractivity contribution < 1.29 is 13.4 Å². The number of carbonyl (C=O) groups is 1. The summed E-state index contributed by atoms with van der Waals surface area (Å²) >= 11 is 6.25. The molecule has 0 spiro atoms. The van der Waals surface area contributed by atoms with Gasteiger partial charge < -0.3 is 14.7 Å². The molecule has 0 N–H and O–H groups in total. The van der Waals surface area contributed by atoms with E-state index < -0.39 is 22.2 Å². The van der Waals surface area contributed by atoms with Gasteiger partial charge in [0.25, 0.3) is 0 Å². The average molecular weight is 562 g/mol. The van der Waals surface area contributed by atoms with Crippen LogP contribution in [0.5, 0.6) is 0 Å². The Morgan fingerprint density at radius 2 is 1.97 bits per heavy atom. The zero-order valence-electron chi connectivity index (χ0n) is 22.4. The van der Waals surface area contributed by atoms with Crippen molar-refractivity contribution >= 4 is 45.6 Å². The van der Waals surface area contributed by atoms with Gasteiger partial charge in [0.1, 0.15) is 30.7 Å². The molecule has 5 heterocycles. The van der Waals surface area contributed by atoms with E-state index in [1.165, 1.54) is 6.33 Å². The van der Waals surface area contributed by atoms with Gasteiger partial charge in [-0.25, -0.2) is 19.3 Å². The Hall–Kier alpha value is -2.84. The fourth-order valence-corrected chi connectivity index (χ4v) is 6.87. The zero-order chi connectivity index (χ0) is 27.8. The first-order valence-electron chi connectivity index (χ1n) is 12.8. The SMILES string of the molecule is CC.CC1CN(c2ncnc3c2C(C)(C)CN3c2cnc(C#N)c(Cl)c2)CCN1C(=O)[C@]1(CF)CCS1=O. The summed E-state index contributed by atoms with van der Waals surface area (Å²) in [5.41, 5.74) is 1.59. The number of anilines is 3. The van der Waals surface area contributed by atoms with Crippen molar-refractivity contribution in [2.24, 2.45) is 0 Å². The number of nitrogens with zero attached hydrogens (tertiary/aromatic N) is 7. The van der Waals surface area contributed by atoms with Crippen molar-refractivity contribution in [1.29, 1.82) is 5.26 Å². The molecule has 2 aromatic rings. The maximum Gasteiger partial charge on any atom is 0.244 e. The Labute approximate surface area is 230 Å². The molecule has 0 bridgehead atoms. The summed E-state index contributed by atoms with van der Waals surface area (Å²) in [6.45, 7) is 11.4. The lowest BCUT2D eigenvalue weighted by Crippen LogP contribution is -2.65. The topological polar surface area (TPSA) is 106 Å². The van der Waals surface area contributed by atoms with Crippen molar-refractivity contribution in [1.82, 2.24) is 19.9 Å². The Bertz CT molecular complexity index is 1300. The van der Waals surface area contributed by atoms with E-state index in [-0.39, 0.29) is 28.1 Å². The summed E-state index contributed by atoms with van der Waals surface area (Å²) in [6, 6.07) is 3.50. The summed E-state index contributed by atoms with van der Waals surface area (Å²) in [4.78, 5) is 32.4. The zero-order valence-corrected chi connectivity index (χ0v) is 23.9. The molecule has 2 saturated heterocycles. The lowest BCUT2D eigenvalue weighted by Gasteiger charge is -2.46. The van der Waals surface area contributed by atoms with Crippen molar-refractivity contribution in [2.75, 3.05) is 48.4 Å². The summed E-state index contributed by atoms with van der Waals surface area (Å²) < 4.78 is 24.7. The molecule has 2 fully saturated rings. The second-order valence-electron chi connectivity index (χ2n) is 10.2. The molecule has 2 unspecified atom stereocenters. The standard InChI is InChI=1S/C24H27ClFN7O2S.C2H6/c1-15-11-31(5-6-32(15)22(34)24(12-26)4-7-36(24)35)20-19-21(30-14-29-20)33(13-23(19,2)3)16-8-17(25)18(9-27)28-10-16;1-2/h8,10,14-15H,4-7,11-13H2,1-3H3;1-2H3/t15?,24-,36?;/m1./s1. The van der Waals surface area contributed by atoms with Gasteiger partial charge in [0.2, 0.25) is 5.91 Å². The van der Waals surface area contributed by atoms with E-state index in [1.54, 1.807) is 17.2 Å². The quantitative estimate of drug-likeness (QED) is 0.555. The number of hydrogen-bond donors (Lipinski definition) is 0. The number of rotatable bonds is 4. The van der Waals surface area contributed by atoms with Crippen LogP contribution in [0.3, 0.4) is 0 Å². The maximum absolute atomic E-state index is 13.8. The van der Waals surface area contributed by atoms with Gasteiger partial charge in [-0.1, -0.05) is 39.3 Å².